The number of rotatable bonds is 67. The number of amides is 6. The van der Waals surface area contributed by atoms with E-state index in [9.17, 15) is 52.7 Å². The molecule has 0 bridgehead atoms. The number of aryl methyl sites for hydroxylation is 1. The zero-order valence-electron chi connectivity index (χ0n) is 67.9. The number of hydrogen-bond acceptors (Lipinski definition) is 22. The van der Waals surface area contributed by atoms with Gasteiger partial charge in [-0.25, -0.2) is 9.97 Å². The van der Waals surface area contributed by atoms with Gasteiger partial charge >= 0.3 is 0 Å². The molecule has 0 radical (unpaired) electrons. The number of hydrogen-bond donors (Lipinski definition) is 21. The van der Waals surface area contributed by atoms with Crippen LogP contribution in [0.25, 0.3) is 10.6 Å². The lowest BCUT2D eigenvalue weighted by Crippen LogP contribution is -2.48. The van der Waals surface area contributed by atoms with Crippen LogP contribution in [0.3, 0.4) is 0 Å². The van der Waals surface area contributed by atoms with Crippen molar-refractivity contribution in [2.45, 2.75) is 218 Å². The minimum atomic E-state index is -1.34. The molecule has 0 saturated carbocycles. The molecule has 2 aromatic rings. The highest BCUT2D eigenvalue weighted by Gasteiger charge is 2.35. The van der Waals surface area contributed by atoms with Gasteiger partial charge in [0, 0.05) is 140 Å². The van der Waals surface area contributed by atoms with Crippen LogP contribution in [0.1, 0.15) is 208 Å². The molecule has 0 saturated heterocycles. The summed E-state index contributed by atoms with van der Waals surface area (Å²) >= 11 is 1.33. The van der Waals surface area contributed by atoms with Crippen molar-refractivity contribution in [3.05, 3.63) is 35.1 Å². The van der Waals surface area contributed by atoms with Gasteiger partial charge in [-0.1, -0.05) is 19.3 Å². The first-order chi connectivity index (χ1) is 55.7. The topological polar surface area (TPSA) is 777 Å². The average molecular weight is 1660 g/mol. The standard InChI is InChI=1S/C75H132N30O11S/c1-46-92-40-29-57(102-46)61-27-28-62(117-61)68(116)94-32-9-3-5-22-52(106)41-48(18-10-33-95-69(78)79)64(112)93-31-8-2-4-23-53(107)42-49(19-11-34-96-70(80)81)65(113)103-55(25-15-38-100-74(88)89)59(109)44-51(21-13-36-98-72(84)85)67(115)105-56(26-16-39-101-75(90)91)60(110)45-50(20-12-35-97-71(82)83)66(114)104-54(24-14-37-99-73(86)87)58(108)43-47(63(77)111)17-6-7-30-76/h27-29,40,47-51,54-56H,2-26,30-39,41-45,76H2,1H3,(H2,77,111)(H,93,112)(H,94,116)(H,103,113)(H,104,114)(H,105,115)(H4,78,79,95)(H4,80,81,96)(H4,82,83,97)(H4,84,85,98)(H4,86,87,99)(H4,88,89,100)(H4,90,91,101)/t47-,48-,49-,50-,51-,54+,55+,56+/m0/s1. The lowest BCUT2D eigenvalue weighted by molar-refractivity contribution is -0.136. The number of carbonyl (C=O) groups is 11. The Bertz CT molecular complexity index is 3650. The Morgan fingerprint density at radius 2 is 0.701 bits per heavy atom. The Labute approximate surface area is 688 Å². The van der Waals surface area contributed by atoms with Crippen molar-refractivity contribution < 1.29 is 52.7 Å². The number of thiophene rings is 1. The molecule has 0 aromatic carbocycles. The summed E-state index contributed by atoms with van der Waals surface area (Å²) in [4.78, 5) is 193. The van der Waals surface area contributed by atoms with Gasteiger partial charge in [0.2, 0.25) is 29.5 Å². The number of aromatic nitrogens is 2. The van der Waals surface area contributed by atoms with Crippen LogP contribution in [0.5, 0.6) is 0 Å². The van der Waals surface area contributed by atoms with E-state index >= 15 is 0 Å². The monoisotopic (exact) mass is 1660 g/mol. The van der Waals surface area contributed by atoms with Gasteiger partial charge in [-0.2, -0.15) is 0 Å². The molecule has 2 aromatic heterocycles. The first-order valence-electron chi connectivity index (χ1n) is 40.0. The van der Waals surface area contributed by atoms with Gasteiger partial charge in [0.15, 0.2) is 59.1 Å². The Morgan fingerprint density at radius 3 is 1.05 bits per heavy atom. The summed E-state index contributed by atoms with van der Waals surface area (Å²) in [5, 5.41) is 14.4. The predicted molar refractivity (Wildman–Crippen MR) is 455 cm³/mol. The maximum atomic E-state index is 14.9. The predicted octanol–water partition coefficient (Wildman–Crippen LogP) is -2.20. The summed E-state index contributed by atoms with van der Waals surface area (Å²) < 4.78 is 0. The second-order valence-electron chi connectivity index (χ2n) is 28.8. The summed E-state index contributed by atoms with van der Waals surface area (Å²) in [7, 11) is 0. The molecule has 0 spiro atoms. The molecule has 0 aliphatic heterocycles. The highest BCUT2D eigenvalue weighted by molar-refractivity contribution is 7.17. The number of nitrogens with zero attached hydrogens (tertiary/aromatic N) is 9. The number of ketones is 5. The van der Waals surface area contributed by atoms with Crippen molar-refractivity contribution in [2.75, 3.05) is 65.4 Å². The number of Topliss-reactive ketones (excluding diaryl/α,β-unsaturated/α-hetero) is 5. The molecular weight excluding hydrogens is 1530 g/mol. The van der Waals surface area contributed by atoms with E-state index in [4.69, 9.17) is 91.7 Å². The second kappa shape index (κ2) is 59.5. The number of guanidine groups is 7. The van der Waals surface area contributed by atoms with Crippen LogP contribution < -0.4 is 118 Å². The molecule has 8 atom stereocenters. The van der Waals surface area contributed by atoms with Crippen molar-refractivity contribution in [3.63, 3.8) is 0 Å². The van der Waals surface area contributed by atoms with E-state index in [0.717, 1.165) is 10.6 Å². The van der Waals surface area contributed by atoms with Gasteiger partial charge in [-0.15, -0.1) is 11.3 Å². The normalized spacial score (nSPS) is 13.0. The van der Waals surface area contributed by atoms with Crippen LogP contribution in [0.2, 0.25) is 0 Å². The molecule has 37 N–H and O–H groups in total. The number of aliphatic imine (C=N–C) groups is 7. The highest BCUT2D eigenvalue weighted by atomic mass is 32.1. The van der Waals surface area contributed by atoms with Gasteiger partial charge < -0.3 is 118 Å². The fourth-order valence-corrected chi connectivity index (χ4v) is 13.6. The van der Waals surface area contributed by atoms with E-state index in [1.54, 1.807) is 25.3 Å². The van der Waals surface area contributed by atoms with Crippen LogP contribution in [0, 0.1) is 36.5 Å². The van der Waals surface area contributed by atoms with E-state index in [-0.39, 0.29) is 233 Å². The van der Waals surface area contributed by atoms with Gasteiger partial charge in [-0.05, 0) is 160 Å². The summed E-state index contributed by atoms with van der Waals surface area (Å²) in [6.45, 7) is 3.37. The average Bonchev–Trinajstić information content (AvgIpc) is 1.60. The molecule has 0 fully saturated rings. The molecular formula is C75H132N30O11S. The molecule has 6 amide bonds. The minimum Gasteiger partial charge on any atom is -0.370 e. The quantitative estimate of drug-likeness (QED) is 0.0190. The maximum Gasteiger partial charge on any atom is 0.261 e. The number of unbranched alkanes of at least 4 members (excludes halogenated alkanes) is 5. The molecule has 42 heteroatoms. The van der Waals surface area contributed by atoms with Gasteiger partial charge in [0.25, 0.3) is 5.91 Å². The second-order valence-corrected chi connectivity index (χ2v) is 29.9. The SMILES string of the molecule is Cc1nccc(-c2ccc(C(=O)NCCCCCC(=O)C[C@H](CCCN=C(N)N)C(=O)NCCCCCC(=O)C[C@H](CCCN=C(N)N)C(=O)N[C@H](CCCN=C(N)N)C(=O)C[C@H](CCCN=C(N)N)C(=O)N[C@H](CCCN=C(N)N)C(=O)C[C@H](CCCN=C(N)N)C(=O)N[C@H](CCCN=C(N)N)C(=O)C[C@H](CCCCN)C(N)=O)s2)n1. The van der Waals surface area contributed by atoms with Crippen LogP contribution in [0.4, 0.5) is 0 Å². The number of nitrogens with two attached hydrogens (primary N) is 16. The lowest BCUT2D eigenvalue weighted by atomic mass is 9.88. The van der Waals surface area contributed by atoms with Gasteiger partial charge in [-0.3, -0.25) is 87.7 Å². The fourth-order valence-electron chi connectivity index (χ4n) is 12.7. The molecule has 2 heterocycles. The number of carbonyl (C=O) groups excluding carboxylic acids is 11. The van der Waals surface area contributed by atoms with Crippen molar-refractivity contribution in [3.8, 4) is 10.6 Å². The van der Waals surface area contributed by atoms with E-state index in [2.05, 4.69) is 71.5 Å². The minimum absolute atomic E-state index is 0.00535. The zero-order valence-corrected chi connectivity index (χ0v) is 68.7. The Hall–Kier alpha value is -11.2. The van der Waals surface area contributed by atoms with Crippen LogP contribution in [0.15, 0.2) is 59.3 Å². The third kappa shape index (κ3) is 48.1. The van der Waals surface area contributed by atoms with Crippen LogP contribution in [-0.4, -0.2) is 200 Å². The van der Waals surface area contributed by atoms with Gasteiger partial charge in [0.1, 0.15) is 17.4 Å². The molecule has 0 aliphatic carbocycles. The molecule has 0 aliphatic rings. The first-order valence-corrected chi connectivity index (χ1v) is 40.9. The van der Waals surface area contributed by atoms with Crippen molar-refractivity contribution in [2.24, 2.45) is 156 Å². The summed E-state index contributed by atoms with van der Waals surface area (Å²) in [6, 6.07) is 1.56. The Kier molecular flexibility index (Phi) is 51.8. The molecule has 2 rings (SSSR count). The largest absolute Gasteiger partial charge is 0.370 e. The summed E-state index contributed by atoms with van der Waals surface area (Å²) in [6.07, 6.45) is 6.84. The third-order valence-corrected chi connectivity index (χ3v) is 20.0. The number of nitrogens with one attached hydrogen (secondary N) is 5. The Morgan fingerprint density at radius 1 is 0.368 bits per heavy atom. The molecule has 0 unspecified atom stereocenters. The van der Waals surface area contributed by atoms with E-state index in [0.29, 0.717) is 88.0 Å². The lowest BCUT2D eigenvalue weighted by Gasteiger charge is -2.26. The molecule has 117 heavy (non-hydrogen) atoms. The fraction of sp³-hybridized carbons (Fsp3) is 0.653. The molecule has 654 valence electrons. The van der Waals surface area contributed by atoms with Crippen molar-refractivity contribution in [1.29, 1.82) is 0 Å². The van der Waals surface area contributed by atoms with E-state index < -0.39 is 102 Å². The highest BCUT2D eigenvalue weighted by Crippen LogP contribution is 2.28. The third-order valence-electron chi connectivity index (χ3n) is 18.9. The first kappa shape index (κ1) is 102. The number of primary amides is 1. The van der Waals surface area contributed by atoms with Crippen LogP contribution in [-0.2, 0) is 47.9 Å². The van der Waals surface area contributed by atoms with E-state index in [1.165, 1.54) is 11.3 Å². The molecule has 41 nitrogen and oxygen atoms in total. The van der Waals surface area contributed by atoms with Crippen molar-refractivity contribution in [1.82, 2.24) is 36.6 Å². The summed E-state index contributed by atoms with van der Waals surface area (Å²) in [5.41, 5.74) is 90.8. The maximum absolute atomic E-state index is 14.9. The van der Waals surface area contributed by atoms with E-state index in [1.807, 2.05) is 6.07 Å². The Balaban J connectivity index is 2.39. The van der Waals surface area contributed by atoms with Gasteiger partial charge in [0.05, 0.1) is 33.6 Å². The zero-order chi connectivity index (χ0) is 87.0. The summed E-state index contributed by atoms with van der Waals surface area (Å²) in [5.74, 6) is -11.2. The smallest absolute Gasteiger partial charge is 0.261 e. The van der Waals surface area contributed by atoms with Crippen molar-refractivity contribution >= 4 is 117 Å². The van der Waals surface area contributed by atoms with Crippen LogP contribution >= 0.6 is 11.3 Å².